The molecule has 1 aromatic carbocycles. The molecule has 1 fully saturated rings. The summed E-state index contributed by atoms with van der Waals surface area (Å²) in [5, 5.41) is 9.90. The maximum Gasteiger partial charge on any atom is 0.257 e. The number of phenolic OH excluding ortho intramolecular Hbond substituents is 1. The van der Waals surface area contributed by atoms with Crippen molar-refractivity contribution >= 4 is 5.91 Å². The van der Waals surface area contributed by atoms with Crippen LogP contribution in [0.2, 0.25) is 0 Å². The quantitative estimate of drug-likeness (QED) is 0.870. The van der Waals surface area contributed by atoms with E-state index in [1.165, 1.54) is 13.2 Å². The van der Waals surface area contributed by atoms with E-state index in [0.717, 1.165) is 32.8 Å². The molecule has 0 atom stereocenters. The number of benzene rings is 1. The first-order valence-corrected chi connectivity index (χ1v) is 7.04. The Morgan fingerprint density at radius 2 is 2.14 bits per heavy atom. The second-order valence-corrected chi connectivity index (χ2v) is 5.06. The summed E-state index contributed by atoms with van der Waals surface area (Å²) in [4.78, 5) is 16.2. The summed E-state index contributed by atoms with van der Waals surface area (Å²) < 4.78 is 10.3. The zero-order valence-corrected chi connectivity index (χ0v) is 12.5. The lowest BCUT2D eigenvalue weighted by Gasteiger charge is -2.28. The largest absolute Gasteiger partial charge is 0.507 e. The molecule has 2 rings (SSSR count). The van der Waals surface area contributed by atoms with E-state index in [2.05, 4.69) is 4.90 Å². The smallest absolute Gasteiger partial charge is 0.257 e. The first kappa shape index (κ1) is 15.6. The van der Waals surface area contributed by atoms with Crippen molar-refractivity contribution in [3.63, 3.8) is 0 Å². The van der Waals surface area contributed by atoms with Crippen LogP contribution in [0.25, 0.3) is 0 Å². The van der Waals surface area contributed by atoms with E-state index in [-0.39, 0.29) is 11.7 Å². The Morgan fingerprint density at radius 3 is 2.76 bits per heavy atom. The summed E-state index contributed by atoms with van der Waals surface area (Å²) in [5.74, 6) is 0.279. The van der Waals surface area contributed by atoms with Crippen LogP contribution in [0.4, 0.5) is 0 Å². The number of phenols is 1. The van der Waals surface area contributed by atoms with E-state index >= 15 is 0 Å². The van der Waals surface area contributed by atoms with E-state index < -0.39 is 0 Å². The number of carbonyl (C=O) groups is 1. The van der Waals surface area contributed by atoms with Gasteiger partial charge in [-0.2, -0.15) is 0 Å². The summed E-state index contributed by atoms with van der Waals surface area (Å²) in [6, 6.07) is 4.70. The number of methoxy groups -OCH3 is 1. The van der Waals surface area contributed by atoms with Crippen molar-refractivity contribution in [2.75, 3.05) is 53.6 Å². The van der Waals surface area contributed by atoms with Crippen LogP contribution in [-0.2, 0) is 4.74 Å². The summed E-state index contributed by atoms with van der Waals surface area (Å²) in [6.07, 6.45) is 0. The first-order chi connectivity index (χ1) is 10.1. The van der Waals surface area contributed by atoms with Gasteiger partial charge >= 0.3 is 0 Å². The Morgan fingerprint density at radius 1 is 1.43 bits per heavy atom. The van der Waals surface area contributed by atoms with Crippen LogP contribution in [0.1, 0.15) is 10.4 Å². The molecule has 1 aromatic rings. The summed E-state index contributed by atoms with van der Waals surface area (Å²) in [5.41, 5.74) is 0.292. The number of aromatic hydroxyl groups is 1. The van der Waals surface area contributed by atoms with Gasteiger partial charge in [-0.1, -0.05) is 0 Å². The number of likely N-dealkylation sites (N-methyl/N-ethyl adjacent to an activating group) is 1. The normalized spacial score (nSPS) is 15.7. The van der Waals surface area contributed by atoms with E-state index in [0.29, 0.717) is 17.9 Å². The van der Waals surface area contributed by atoms with Crippen LogP contribution in [0.3, 0.4) is 0 Å². The van der Waals surface area contributed by atoms with Gasteiger partial charge in [0.2, 0.25) is 0 Å². The van der Waals surface area contributed by atoms with E-state index in [9.17, 15) is 9.90 Å². The SMILES string of the molecule is COc1ccc(C(=O)N(C)CCN2CCOCC2)c(O)c1. The van der Waals surface area contributed by atoms with Crippen LogP contribution in [-0.4, -0.2) is 74.4 Å². The van der Waals surface area contributed by atoms with Crippen molar-refractivity contribution < 1.29 is 19.4 Å². The number of ether oxygens (including phenoxy) is 2. The fourth-order valence-electron chi connectivity index (χ4n) is 2.24. The molecule has 116 valence electrons. The van der Waals surface area contributed by atoms with Crippen LogP contribution in [0, 0.1) is 0 Å². The van der Waals surface area contributed by atoms with Gasteiger partial charge in [0, 0.05) is 39.3 Å². The Labute approximate surface area is 124 Å². The maximum atomic E-state index is 12.3. The molecule has 1 N–H and O–H groups in total. The average Bonchev–Trinajstić information content (AvgIpc) is 2.52. The highest BCUT2D eigenvalue weighted by Crippen LogP contribution is 2.24. The topological polar surface area (TPSA) is 62.2 Å². The third-order valence-corrected chi connectivity index (χ3v) is 3.64. The fourth-order valence-corrected chi connectivity index (χ4v) is 2.24. The molecule has 1 heterocycles. The molecule has 0 bridgehead atoms. The van der Waals surface area contributed by atoms with Crippen molar-refractivity contribution in [2.24, 2.45) is 0 Å². The maximum absolute atomic E-state index is 12.3. The molecule has 0 spiro atoms. The average molecular weight is 294 g/mol. The number of carbonyl (C=O) groups excluding carboxylic acids is 1. The van der Waals surface area contributed by atoms with Crippen LogP contribution in [0.15, 0.2) is 18.2 Å². The lowest BCUT2D eigenvalue weighted by Crippen LogP contribution is -2.41. The summed E-state index contributed by atoms with van der Waals surface area (Å²) >= 11 is 0. The monoisotopic (exact) mass is 294 g/mol. The second-order valence-electron chi connectivity index (χ2n) is 5.06. The summed E-state index contributed by atoms with van der Waals surface area (Å²) in [6.45, 7) is 4.71. The fraction of sp³-hybridized carbons (Fsp3) is 0.533. The molecular weight excluding hydrogens is 272 g/mol. The number of hydrogen-bond acceptors (Lipinski definition) is 5. The van der Waals surface area contributed by atoms with E-state index in [1.54, 1.807) is 24.1 Å². The highest BCUT2D eigenvalue weighted by molar-refractivity contribution is 5.96. The molecule has 1 saturated heterocycles. The molecule has 0 radical (unpaired) electrons. The van der Waals surface area contributed by atoms with E-state index in [4.69, 9.17) is 9.47 Å². The zero-order valence-electron chi connectivity index (χ0n) is 12.5. The second kappa shape index (κ2) is 7.28. The number of amides is 1. The minimum absolute atomic E-state index is 0.0578. The molecule has 1 amide bonds. The zero-order chi connectivity index (χ0) is 15.2. The van der Waals surface area contributed by atoms with Gasteiger partial charge in [0.25, 0.3) is 5.91 Å². The predicted molar refractivity (Wildman–Crippen MR) is 78.9 cm³/mol. The van der Waals surface area contributed by atoms with Gasteiger partial charge in [0.1, 0.15) is 11.5 Å². The highest BCUT2D eigenvalue weighted by atomic mass is 16.5. The molecule has 0 saturated carbocycles. The lowest BCUT2D eigenvalue weighted by molar-refractivity contribution is 0.0338. The van der Waals surface area contributed by atoms with Crippen molar-refractivity contribution in [2.45, 2.75) is 0 Å². The molecule has 0 aromatic heterocycles. The number of nitrogens with zero attached hydrogens (tertiary/aromatic N) is 2. The van der Waals surface area contributed by atoms with E-state index in [1.807, 2.05) is 0 Å². The third kappa shape index (κ3) is 4.09. The third-order valence-electron chi connectivity index (χ3n) is 3.64. The van der Waals surface area contributed by atoms with Crippen LogP contribution < -0.4 is 4.74 Å². The van der Waals surface area contributed by atoms with Crippen LogP contribution >= 0.6 is 0 Å². The molecule has 1 aliphatic heterocycles. The standard InChI is InChI=1S/C15H22N2O4/c1-16(5-6-17-7-9-21-10-8-17)15(19)13-4-3-12(20-2)11-14(13)18/h3-4,11,18H,5-10H2,1-2H3. The lowest BCUT2D eigenvalue weighted by atomic mass is 10.1. The Hall–Kier alpha value is -1.79. The predicted octanol–water partition coefficient (Wildman–Crippen LogP) is 0.805. The van der Waals surface area contributed by atoms with Gasteiger partial charge in [-0.25, -0.2) is 0 Å². The molecule has 6 heteroatoms. The van der Waals surface area contributed by atoms with Crippen molar-refractivity contribution in [1.82, 2.24) is 9.80 Å². The Balaban J connectivity index is 1.92. The number of morpholine rings is 1. The van der Waals surface area contributed by atoms with Crippen molar-refractivity contribution in [3.8, 4) is 11.5 Å². The Bertz CT molecular complexity index is 487. The summed E-state index contributed by atoms with van der Waals surface area (Å²) in [7, 11) is 3.26. The molecule has 0 aliphatic carbocycles. The van der Waals surface area contributed by atoms with Gasteiger partial charge in [-0.15, -0.1) is 0 Å². The molecular formula is C15H22N2O4. The van der Waals surface area contributed by atoms with Gasteiger partial charge in [-0.3, -0.25) is 9.69 Å². The molecule has 1 aliphatic rings. The van der Waals surface area contributed by atoms with Crippen LogP contribution in [0.5, 0.6) is 11.5 Å². The molecule has 21 heavy (non-hydrogen) atoms. The minimum Gasteiger partial charge on any atom is -0.507 e. The Kier molecular flexibility index (Phi) is 5.41. The van der Waals surface area contributed by atoms with Crippen molar-refractivity contribution in [1.29, 1.82) is 0 Å². The molecule has 6 nitrogen and oxygen atoms in total. The van der Waals surface area contributed by atoms with Gasteiger partial charge < -0.3 is 19.5 Å². The number of hydrogen-bond donors (Lipinski definition) is 1. The molecule has 0 unspecified atom stereocenters. The highest BCUT2D eigenvalue weighted by Gasteiger charge is 2.18. The van der Waals surface area contributed by atoms with Crippen molar-refractivity contribution in [3.05, 3.63) is 23.8 Å². The van der Waals surface area contributed by atoms with Gasteiger partial charge in [-0.05, 0) is 12.1 Å². The van der Waals surface area contributed by atoms with Gasteiger partial charge in [0.05, 0.1) is 25.9 Å². The minimum atomic E-state index is -0.191. The first-order valence-electron chi connectivity index (χ1n) is 7.04. The van der Waals surface area contributed by atoms with Gasteiger partial charge in [0.15, 0.2) is 0 Å². The number of rotatable bonds is 5.